The number of rotatable bonds is 5. The van der Waals surface area contributed by atoms with E-state index in [-0.39, 0.29) is 0 Å². The Kier molecular flexibility index (Phi) is 6.32. The first-order valence-electron chi connectivity index (χ1n) is 7.50. The van der Waals surface area contributed by atoms with Crippen LogP contribution in [0.4, 0.5) is 0 Å². The van der Waals surface area contributed by atoms with Crippen molar-refractivity contribution in [3.05, 3.63) is 60.4 Å². The van der Waals surface area contributed by atoms with Gasteiger partial charge < -0.3 is 16.5 Å². The maximum absolute atomic E-state index is 6.50. The number of allylic oxidation sites excluding steroid dienone is 1. The summed E-state index contributed by atoms with van der Waals surface area (Å²) in [4.78, 5) is 0. The lowest BCUT2D eigenvalue weighted by molar-refractivity contribution is 0.253. The SMILES string of the molecule is C=C[Si]1(C)O[Si](C)(C)O[Si](C=C)(C=C(C)C)O[Si](C=C)(C=C)O1. The third-order valence-electron chi connectivity index (χ3n) is 3.25. The van der Waals surface area contributed by atoms with E-state index < -0.39 is 34.2 Å². The van der Waals surface area contributed by atoms with Crippen LogP contribution in [0.25, 0.3) is 0 Å². The van der Waals surface area contributed by atoms with Crippen molar-refractivity contribution >= 4 is 34.2 Å². The zero-order chi connectivity index (χ0) is 17.9. The largest absolute Gasteiger partial charge is 0.413 e. The van der Waals surface area contributed by atoms with Gasteiger partial charge in [0.25, 0.3) is 0 Å². The standard InChI is InChI=1S/C15H28O4Si4/c1-10-21(9)16-20(7,8)17-23(13-4,14-15(5)6)19-22(11-2,12-3)18-21/h10-14H,1-4H2,5-9H3. The third-order valence-corrected chi connectivity index (χ3v) is 19.0. The van der Waals surface area contributed by atoms with Crippen molar-refractivity contribution in [3.8, 4) is 0 Å². The second-order valence-electron chi connectivity index (χ2n) is 6.31. The Hall–Kier alpha value is -0.592. The summed E-state index contributed by atoms with van der Waals surface area (Å²) in [6.45, 7) is 25.6. The van der Waals surface area contributed by atoms with Gasteiger partial charge >= 0.3 is 34.2 Å². The lowest BCUT2D eigenvalue weighted by Crippen LogP contribution is -2.66. The van der Waals surface area contributed by atoms with Crippen LogP contribution in [0.2, 0.25) is 19.6 Å². The Morgan fingerprint density at radius 1 is 0.696 bits per heavy atom. The highest BCUT2D eigenvalue weighted by Gasteiger charge is 2.55. The minimum absolute atomic E-state index is 1.10. The van der Waals surface area contributed by atoms with Crippen molar-refractivity contribution in [1.82, 2.24) is 0 Å². The van der Waals surface area contributed by atoms with Crippen LogP contribution in [-0.2, 0) is 16.5 Å². The number of hydrogen-bond acceptors (Lipinski definition) is 4. The number of hydrogen-bond donors (Lipinski definition) is 0. The molecule has 0 bridgehead atoms. The second-order valence-corrected chi connectivity index (χ2v) is 19.2. The molecule has 0 N–H and O–H groups in total. The van der Waals surface area contributed by atoms with E-state index in [0.29, 0.717) is 0 Å². The highest BCUT2D eigenvalue weighted by molar-refractivity contribution is 7.00. The zero-order valence-electron chi connectivity index (χ0n) is 14.8. The fourth-order valence-electron chi connectivity index (χ4n) is 2.46. The summed E-state index contributed by atoms with van der Waals surface area (Å²) in [5.74, 6) is 0. The van der Waals surface area contributed by atoms with Crippen LogP contribution in [-0.4, -0.2) is 34.2 Å². The van der Waals surface area contributed by atoms with E-state index in [1.54, 1.807) is 22.8 Å². The van der Waals surface area contributed by atoms with Crippen LogP contribution in [0.5, 0.6) is 0 Å². The van der Waals surface area contributed by atoms with Gasteiger partial charge in [0.2, 0.25) is 0 Å². The molecule has 1 aliphatic heterocycles. The molecule has 1 heterocycles. The van der Waals surface area contributed by atoms with Crippen LogP contribution in [0.15, 0.2) is 60.4 Å². The van der Waals surface area contributed by atoms with Gasteiger partial charge in [0.05, 0.1) is 0 Å². The molecule has 1 aliphatic rings. The summed E-state index contributed by atoms with van der Waals surface area (Å²) in [5.41, 5.74) is 10.1. The molecule has 0 aliphatic carbocycles. The predicted molar refractivity (Wildman–Crippen MR) is 105 cm³/mol. The Bertz CT molecular complexity index is 534. The molecule has 0 radical (unpaired) electrons. The molecule has 0 aromatic rings. The molecular formula is C15H28O4Si4. The maximum Gasteiger partial charge on any atom is 0.374 e. The molecule has 2 unspecified atom stereocenters. The topological polar surface area (TPSA) is 36.9 Å². The summed E-state index contributed by atoms with van der Waals surface area (Å²) in [5, 5.41) is 0. The van der Waals surface area contributed by atoms with Gasteiger partial charge in [-0.05, 0) is 56.3 Å². The minimum atomic E-state index is -2.92. The van der Waals surface area contributed by atoms with E-state index in [0.717, 1.165) is 5.57 Å². The first-order chi connectivity index (χ1) is 10.5. The van der Waals surface area contributed by atoms with E-state index in [1.807, 2.05) is 39.2 Å². The molecule has 2 atom stereocenters. The molecule has 23 heavy (non-hydrogen) atoms. The van der Waals surface area contributed by atoms with Crippen molar-refractivity contribution in [2.75, 3.05) is 0 Å². The Morgan fingerprint density at radius 2 is 1.22 bits per heavy atom. The summed E-state index contributed by atoms with van der Waals surface area (Å²) in [7, 11) is -10.9. The van der Waals surface area contributed by atoms with Gasteiger partial charge in [-0.3, -0.25) is 0 Å². The summed E-state index contributed by atoms with van der Waals surface area (Å²) in [6.07, 6.45) is 0. The summed E-state index contributed by atoms with van der Waals surface area (Å²) >= 11 is 0. The molecule has 1 rings (SSSR count). The van der Waals surface area contributed by atoms with Crippen molar-refractivity contribution < 1.29 is 16.5 Å². The van der Waals surface area contributed by atoms with E-state index in [2.05, 4.69) is 26.3 Å². The first-order valence-corrected chi connectivity index (χ1v) is 16.7. The van der Waals surface area contributed by atoms with Gasteiger partial charge in [0.15, 0.2) is 0 Å². The average Bonchev–Trinajstić information content (AvgIpc) is 2.43. The lowest BCUT2D eigenvalue weighted by atomic mass is 10.4. The van der Waals surface area contributed by atoms with Crippen molar-refractivity contribution in [2.45, 2.75) is 33.5 Å². The second kappa shape index (κ2) is 7.11. The maximum atomic E-state index is 6.50. The molecule has 0 aromatic carbocycles. The monoisotopic (exact) mass is 384 g/mol. The third kappa shape index (κ3) is 4.94. The van der Waals surface area contributed by atoms with Gasteiger partial charge in [-0.1, -0.05) is 11.3 Å². The molecule has 4 nitrogen and oxygen atoms in total. The van der Waals surface area contributed by atoms with E-state index in [1.165, 1.54) is 0 Å². The first kappa shape index (κ1) is 20.5. The van der Waals surface area contributed by atoms with Crippen molar-refractivity contribution in [2.24, 2.45) is 0 Å². The molecule has 8 heteroatoms. The molecule has 0 aromatic heterocycles. The Balaban J connectivity index is 3.52. The molecule has 0 saturated carbocycles. The zero-order valence-corrected chi connectivity index (χ0v) is 18.8. The molecule has 128 valence electrons. The van der Waals surface area contributed by atoms with Gasteiger partial charge in [-0.25, -0.2) is 0 Å². The summed E-state index contributed by atoms with van der Waals surface area (Å²) < 4.78 is 25.7. The normalized spacial score (nSPS) is 32.7. The van der Waals surface area contributed by atoms with Crippen molar-refractivity contribution in [1.29, 1.82) is 0 Å². The molecular weight excluding hydrogens is 357 g/mol. The van der Waals surface area contributed by atoms with Gasteiger partial charge in [-0.2, -0.15) is 0 Å². The van der Waals surface area contributed by atoms with E-state index in [4.69, 9.17) is 16.5 Å². The minimum Gasteiger partial charge on any atom is -0.413 e. The molecule has 1 fully saturated rings. The molecule has 0 spiro atoms. The molecule has 1 saturated heterocycles. The highest BCUT2D eigenvalue weighted by Crippen LogP contribution is 2.33. The predicted octanol–water partition coefficient (Wildman–Crippen LogP) is 4.13. The van der Waals surface area contributed by atoms with Crippen LogP contribution >= 0.6 is 0 Å². The van der Waals surface area contributed by atoms with E-state index >= 15 is 0 Å². The van der Waals surface area contributed by atoms with Gasteiger partial charge in [0.1, 0.15) is 0 Å². The van der Waals surface area contributed by atoms with Crippen LogP contribution in [0.1, 0.15) is 13.8 Å². The van der Waals surface area contributed by atoms with Crippen LogP contribution in [0, 0.1) is 0 Å². The molecule has 0 amide bonds. The highest BCUT2D eigenvalue weighted by atomic mass is 28.5. The lowest BCUT2D eigenvalue weighted by Gasteiger charge is -2.47. The smallest absolute Gasteiger partial charge is 0.374 e. The Morgan fingerprint density at radius 3 is 1.61 bits per heavy atom. The fourth-order valence-corrected chi connectivity index (χ4v) is 20.4. The van der Waals surface area contributed by atoms with Crippen LogP contribution in [0.3, 0.4) is 0 Å². The van der Waals surface area contributed by atoms with Gasteiger partial charge in [-0.15, -0.1) is 26.3 Å². The summed E-state index contributed by atoms with van der Waals surface area (Å²) in [6, 6.07) is 0. The van der Waals surface area contributed by atoms with Crippen LogP contribution < -0.4 is 0 Å². The van der Waals surface area contributed by atoms with E-state index in [9.17, 15) is 0 Å². The van der Waals surface area contributed by atoms with Crippen molar-refractivity contribution in [3.63, 3.8) is 0 Å². The van der Waals surface area contributed by atoms with Gasteiger partial charge in [0, 0.05) is 0 Å². The average molecular weight is 385 g/mol. The fraction of sp³-hybridized carbons (Fsp3) is 0.333. The Labute approximate surface area is 144 Å². The quantitative estimate of drug-likeness (QED) is 0.668.